The highest BCUT2D eigenvalue weighted by atomic mass is 32.1. The smallest absolute Gasteiger partial charge is 0.339 e. The number of pyridine rings is 1. The quantitative estimate of drug-likeness (QED) is 0.292. The average Bonchev–Trinajstić information content (AvgIpc) is 3.44. The molecule has 0 atom stereocenters. The van der Waals surface area contributed by atoms with Gasteiger partial charge in [-0.05, 0) is 49.6 Å². The summed E-state index contributed by atoms with van der Waals surface area (Å²) in [7, 11) is 0. The van der Waals surface area contributed by atoms with E-state index in [1.54, 1.807) is 24.4 Å². The molecule has 33 heavy (non-hydrogen) atoms. The highest BCUT2D eigenvalue weighted by Crippen LogP contribution is 2.36. The van der Waals surface area contributed by atoms with Crippen LogP contribution >= 0.6 is 11.3 Å². The zero-order chi connectivity index (χ0) is 23.4. The van der Waals surface area contributed by atoms with Crippen molar-refractivity contribution in [2.75, 3.05) is 11.9 Å². The van der Waals surface area contributed by atoms with Gasteiger partial charge in [0.05, 0.1) is 18.6 Å². The van der Waals surface area contributed by atoms with E-state index in [4.69, 9.17) is 14.1 Å². The van der Waals surface area contributed by atoms with Crippen molar-refractivity contribution >= 4 is 28.3 Å². The molecule has 0 spiro atoms. The fraction of sp³-hybridized carbons (Fsp3) is 0.240. The van der Waals surface area contributed by atoms with E-state index in [-0.39, 0.29) is 11.4 Å². The minimum atomic E-state index is -1.08. The van der Waals surface area contributed by atoms with E-state index >= 15 is 0 Å². The van der Waals surface area contributed by atoms with Crippen LogP contribution in [-0.4, -0.2) is 27.7 Å². The summed E-state index contributed by atoms with van der Waals surface area (Å²) in [6, 6.07) is 12.9. The molecule has 0 saturated carbocycles. The van der Waals surface area contributed by atoms with Gasteiger partial charge in [0.25, 0.3) is 0 Å². The summed E-state index contributed by atoms with van der Waals surface area (Å²) in [5.41, 5.74) is 2.46. The fourth-order valence-electron chi connectivity index (χ4n) is 3.45. The molecule has 4 aromatic rings. The van der Waals surface area contributed by atoms with Crippen LogP contribution in [0, 0.1) is 5.92 Å². The predicted octanol–water partition coefficient (Wildman–Crippen LogP) is 6.50. The Hall–Kier alpha value is -3.65. The lowest BCUT2D eigenvalue weighted by molar-refractivity contribution is 0.0697. The molecule has 0 bridgehead atoms. The Morgan fingerprint density at radius 3 is 2.76 bits per heavy atom. The maximum Gasteiger partial charge on any atom is 0.339 e. The molecule has 170 valence electrons. The number of carboxylic acid groups (broad SMARTS) is 1. The number of hydrogen-bond acceptors (Lipinski definition) is 7. The first-order valence-electron chi connectivity index (χ1n) is 10.7. The van der Waals surface area contributed by atoms with Gasteiger partial charge < -0.3 is 19.6 Å². The molecule has 3 heterocycles. The van der Waals surface area contributed by atoms with Gasteiger partial charge in [-0.1, -0.05) is 26.0 Å². The SMILES string of the molecule is CCOc1cccc(-c2nc(Nc3ncc(-c4ccco4)cc3C(=O)O)sc2CC(C)C)c1. The number of hydrogen-bond donors (Lipinski definition) is 2. The van der Waals surface area contributed by atoms with Crippen molar-refractivity contribution in [3.8, 4) is 28.3 Å². The molecule has 0 aliphatic rings. The molecule has 8 heteroatoms. The van der Waals surface area contributed by atoms with Gasteiger partial charge in [-0.15, -0.1) is 11.3 Å². The maximum absolute atomic E-state index is 11.9. The van der Waals surface area contributed by atoms with E-state index in [1.807, 2.05) is 31.2 Å². The van der Waals surface area contributed by atoms with Gasteiger partial charge in [0.1, 0.15) is 22.9 Å². The van der Waals surface area contributed by atoms with Crippen LogP contribution in [-0.2, 0) is 6.42 Å². The van der Waals surface area contributed by atoms with Gasteiger partial charge in [-0.3, -0.25) is 0 Å². The molecule has 7 nitrogen and oxygen atoms in total. The van der Waals surface area contributed by atoms with Crippen LogP contribution in [0.15, 0.2) is 59.3 Å². The van der Waals surface area contributed by atoms with Crippen molar-refractivity contribution in [2.24, 2.45) is 5.92 Å². The Balaban J connectivity index is 1.70. The Morgan fingerprint density at radius 2 is 2.06 bits per heavy atom. The van der Waals surface area contributed by atoms with Crippen molar-refractivity contribution in [3.05, 3.63) is 65.4 Å². The summed E-state index contributed by atoms with van der Waals surface area (Å²) >= 11 is 1.50. The molecule has 0 fully saturated rings. The Labute approximate surface area is 196 Å². The number of nitrogens with one attached hydrogen (secondary N) is 1. The first-order chi connectivity index (χ1) is 15.9. The number of carboxylic acids is 1. The van der Waals surface area contributed by atoms with Gasteiger partial charge in [0, 0.05) is 22.2 Å². The summed E-state index contributed by atoms with van der Waals surface area (Å²) in [5, 5.41) is 13.5. The van der Waals surface area contributed by atoms with Crippen LogP contribution in [0.5, 0.6) is 5.75 Å². The number of carbonyl (C=O) groups is 1. The number of aromatic nitrogens is 2. The van der Waals surface area contributed by atoms with Gasteiger partial charge in [0.2, 0.25) is 0 Å². The lowest BCUT2D eigenvalue weighted by atomic mass is 10.0. The molecule has 0 unspecified atom stereocenters. The van der Waals surface area contributed by atoms with E-state index in [2.05, 4.69) is 24.1 Å². The summed E-state index contributed by atoms with van der Waals surface area (Å²) in [5.74, 6) is 0.935. The number of furan rings is 1. The van der Waals surface area contributed by atoms with Gasteiger partial charge in [0.15, 0.2) is 5.13 Å². The lowest BCUT2D eigenvalue weighted by Gasteiger charge is -2.07. The van der Waals surface area contributed by atoms with Crippen LogP contribution in [0.2, 0.25) is 0 Å². The minimum absolute atomic E-state index is 0.0457. The summed E-state index contributed by atoms with van der Waals surface area (Å²) in [4.78, 5) is 22.2. The molecule has 0 radical (unpaired) electrons. The number of ether oxygens (including phenoxy) is 1. The maximum atomic E-state index is 11.9. The largest absolute Gasteiger partial charge is 0.494 e. The van der Waals surface area contributed by atoms with Crippen LogP contribution in [0.3, 0.4) is 0 Å². The lowest BCUT2D eigenvalue weighted by Crippen LogP contribution is -2.05. The van der Waals surface area contributed by atoms with E-state index in [9.17, 15) is 9.90 Å². The monoisotopic (exact) mass is 463 g/mol. The Morgan fingerprint density at radius 1 is 1.21 bits per heavy atom. The number of rotatable bonds is 9. The molecule has 2 N–H and O–H groups in total. The third-order valence-electron chi connectivity index (χ3n) is 4.86. The first kappa shape index (κ1) is 22.5. The second kappa shape index (κ2) is 9.87. The fourth-order valence-corrected chi connectivity index (χ4v) is 4.64. The second-order valence-electron chi connectivity index (χ2n) is 7.88. The molecule has 0 amide bonds. The number of benzene rings is 1. The van der Waals surface area contributed by atoms with Gasteiger partial charge in [-0.25, -0.2) is 14.8 Å². The normalized spacial score (nSPS) is 11.0. The van der Waals surface area contributed by atoms with Crippen molar-refractivity contribution < 1.29 is 19.1 Å². The highest BCUT2D eigenvalue weighted by molar-refractivity contribution is 7.16. The minimum Gasteiger partial charge on any atom is -0.494 e. The number of thiazole rings is 1. The molecule has 3 aromatic heterocycles. The van der Waals surface area contributed by atoms with Crippen LogP contribution < -0.4 is 10.1 Å². The molecule has 0 aliphatic heterocycles. The van der Waals surface area contributed by atoms with E-state index < -0.39 is 5.97 Å². The second-order valence-corrected chi connectivity index (χ2v) is 8.96. The van der Waals surface area contributed by atoms with E-state index in [1.165, 1.54) is 17.6 Å². The first-order valence-corrected chi connectivity index (χ1v) is 11.5. The van der Waals surface area contributed by atoms with Crippen LogP contribution in [0.1, 0.15) is 36.0 Å². The van der Waals surface area contributed by atoms with E-state index in [0.29, 0.717) is 29.0 Å². The molecule has 1 aromatic carbocycles. The predicted molar refractivity (Wildman–Crippen MR) is 129 cm³/mol. The standard InChI is InChI=1S/C25H25N3O4S/c1-4-31-18-8-5-7-16(12-18)22-21(11-15(2)3)33-25(27-22)28-23-19(24(29)30)13-17(14-26-23)20-9-6-10-32-20/h5-10,12-15H,4,11H2,1-3H3,(H,29,30)(H,26,27,28). The zero-order valence-electron chi connectivity index (χ0n) is 18.7. The third-order valence-corrected chi connectivity index (χ3v) is 5.85. The van der Waals surface area contributed by atoms with Crippen molar-refractivity contribution in [2.45, 2.75) is 27.2 Å². The zero-order valence-corrected chi connectivity index (χ0v) is 19.5. The number of anilines is 2. The summed E-state index contributed by atoms with van der Waals surface area (Å²) in [6.07, 6.45) is 3.97. The molecular formula is C25H25N3O4S. The van der Waals surface area contributed by atoms with Gasteiger partial charge in [-0.2, -0.15) is 0 Å². The third kappa shape index (κ3) is 5.23. The van der Waals surface area contributed by atoms with Gasteiger partial charge >= 0.3 is 5.97 Å². The summed E-state index contributed by atoms with van der Waals surface area (Å²) < 4.78 is 11.0. The molecule has 0 aliphatic carbocycles. The number of nitrogens with zero attached hydrogens (tertiary/aromatic N) is 2. The Kier molecular flexibility index (Phi) is 6.74. The molecular weight excluding hydrogens is 438 g/mol. The van der Waals surface area contributed by atoms with Crippen LogP contribution in [0.4, 0.5) is 10.9 Å². The Bertz CT molecular complexity index is 1250. The topological polar surface area (TPSA) is 97.5 Å². The van der Waals surface area contributed by atoms with Crippen molar-refractivity contribution in [1.29, 1.82) is 0 Å². The number of aromatic carboxylic acids is 1. The van der Waals surface area contributed by atoms with E-state index in [0.717, 1.165) is 28.3 Å². The van der Waals surface area contributed by atoms with Crippen LogP contribution in [0.25, 0.3) is 22.6 Å². The summed E-state index contributed by atoms with van der Waals surface area (Å²) in [6.45, 7) is 6.85. The molecule has 0 saturated heterocycles. The van der Waals surface area contributed by atoms with Crippen molar-refractivity contribution in [1.82, 2.24) is 9.97 Å². The van der Waals surface area contributed by atoms with Crippen molar-refractivity contribution in [3.63, 3.8) is 0 Å². The molecule has 4 rings (SSSR count). The highest BCUT2D eigenvalue weighted by Gasteiger charge is 2.19. The average molecular weight is 464 g/mol.